The zero-order valence-corrected chi connectivity index (χ0v) is 14.2. The topological polar surface area (TPSA) is 49.9 Å². The van der Waals surface area contributed by atoms with Crippen LogP contribution in [-0.4, -0.2) is 53.9 Å². The van der Waals surface area contributed by atoms with Crippen LogP contribution < -0.4 is 0 Å². The normalized spacial score (nSPS) is 17.7. The zero-order valence-electron chi connectivity index (χ0n) is 13.4. The fourth-order valence-electron chi connectivity index (χ4n) is 2.82. The van der Waals surface area contributed by atoms with Crippen LogP contribution in [0.3, 0.4) is 0 Å². The molecule has 1 aromatic carbocycles. The molecule has 2 amide bonds. The maximum Gasteiger partial charge on any atom is 0.409 e. The molecular formula is C17H23ClN2O3. The molecule has 1 heterocycles. The molecule has 1 saturated heterocycles. The quantitative estimate of drug-likeness (QED) is 0.776. The van der Waals surface area contributed by atoms with Crippen LogP contribution in [0.25, 0.3) is 0 Å². The zero-order chi connectivity index (χ0) is 16.7. The summed E-state index contributed by atoms with van der Waals surface area (Å²) in [7, 11) is 1.70. The Kier molecular flexibility index (Phi) is 6.71. The smallest absolute Gasteiger partial charge is 0.409 e. The summed E-state index contributed by atoms with van der Waals surface area (Å²) in [6.07, 6.45) is 2.56. The van der Waals surface area contributed by atoms with Crippen molar-refractivity contribution in [1.29, 1.82) is 0 Å². The summed E-state index contributed by atoms with van der Waals surface area (Å²) in [6, 6.07) is 9.58. The molecule has 23 heavy (non-hydrogen) atoms. The summed E-state index contributed by atoms with van der Waals surface area (Å²) in [4.78, 5) is 27.3. The number of hydrogen-bond donors (Lipinski definition) is 0. The largest absolute Gasteiger partial charge is 0.445 e. The number of alkyl halides is 1. The van der Waals surface area contributed by atoms with E-state index in [0.717, 1.165) is 24.8 Å². The Labute approximate surface area is 142 Å². The molecule has 0 bridgehead atoms. The second kappa shape index (κ2) is 8.77. The summed E-state index contributed by atoms with van der Waals surface area (Å²) < 4.78 is 5.31. The molecule has 126 valence electrons. The van der Waals surface area contributed by atoms with Gasteiger partial charge in [-0.05, 0) is 24.8 Å². The molecule has 0 unspecified atom stereocenters. The van der Waals surface area contributed by atoms with Gasteiger partial charge in [-0.1, -0.05) is 30.3 Å². The molecule has 0 spiro atoms. The van der Waals surface area contributed by atoms with Crippen LogP contribution in [-0.2, 0) is 16.1 Å². The minimum absolute atomic E-state index is 0.0152. The number of likely N-dealkylation sites (tertiary alicyclic amines) is 1. The van der Waals surface area contributed by atoms with E-state index in [1.54, 1.807) is 11.9 Å². The van der Waals surface area contributed by atoms with Crippen molar-refractivity contribution >= 4 is 23.6 Å². The Balaban J connectivity index is 1.85. The lowest BCUT2D eigenvalue weighted by molar-refractivity contribution is -0.132. The predicted molar refractivity (Wildman–Crippen MR) is 89.3 cm³/mol. The molecule has 2 rings (SSSR count). The number of rotatable bonds is 5. The summed E-state index contributed by atoms with van der Waals surface area (Å²) in [5.74, 6) is -0.0824. The minimum Gasteiger partial charge on any atom is -0.445 e. The second-order valence-corrected chi connectivity index (χ2v) is 6.06. The first-order valence-corrected chi connectivity index (χ1v) is 8.42. The molecule has 5 nitrogen and oxygen atoms in total. The minimum atomic E-state index is -0.377. The van der Waals surface area contributed by atoms with E-state index in [-0.39, 0.29) is 30.5 Å². The van der Waals surface area contributed by atoms with E-state index in [1.807, 2.05) is 30.3 Å². The van der Waals surface area contributed by atoms with E-state index in [2.05, 4.69) is 0 Å². The molecule has 0 aliphatic carbocycles. The molecule has 1 aromatic rings. The van der Waals surface area contributed by atoms with Gasteiger partial charge in [-0.3, -0.25) is 4.79 Å². The number of benzene rings is 1. The lowest BCUT2D eigenvalue weighted by atomic mass is 10.0. The molecule has 0 radical (unpaired) electrons. The van der Waals surface area contributed by atoms with Crippen LogP contribution in [0.4, 0.5) is 4.79 Å². The van der Waals surface area contributed by atoms with Gasteiger partial charge in [0.15, 0.2) is 0 Å². The molecule has 0 saturated carbocycles. The van der Waals surface area contributed by atoms with Crippen molar-refractivity contribution in [3.05, 3.63) is 35.9 Å². The Morgan fingerprint density at radius 1 is 1.30 bits per heavy atom. The van der Waals surface area contributed by atoms with Crippen LogP contribution in [0.15, 0.2) is 30.3 Å². The highest BCUT2D eigenvalue weighted by Crippen LogP contribution is 2.18. The van der Waals surface area contributed by atoms with Crippen molar-refractivity contribution < 1.29 is 14.3 Å². The van der Waals surface area contributed by atoms with Gasteiger partial charge in [0.25, 0.3) is 0 Å². The average molecular weight is 339 g/mol. The van der Waals surface area contributed by atoms with Gasteiger partial charge in [-0.15, -0.1) is 11.6 Å². The first-order chi connectivity index (χ1) is 11.1. The van der Waals surface area contributed by atoms with E-state index in [0.29, 0.717) is 13.1 Å². The molecular weight excluding hydrogens is 316 g/mol. The highest BCUT2D eigenvalue weighted by atomic mass is 35.5. The van der Waals surface area contributed by atoms with Crippen LogP contribution in [0.5, 0.6) is 0 Å². The van der Waals surface area contributed by atoms with Gasteiger partial charge in [-0.2, -0.15) is 0 Å². The second-order valence-electron chi connectivity index (χ2n) is 5.79. The maximum absolute atomic E-state index is 12.1. The third-order valence-corrected chi connectivity index (χ3v) is 4.29. The highest BCUT2D eigenvalue weighted by molar-refractivity contribution is 6.27. The molecule has 0 aromatic heterocycles. The van der Waals surface area contributed by atoms with Gasteiger partial charge >= 0.3 is 6.09 Å². The summed E-state index contributed by atoms with van der Waals surface area (Å²) in [5, 5.41) is 0. The Bertz CT molecular complexity index is 524. The number of carbonyl (C=O) groups excluding carboxylic acids is 2. The number of halogens is 1. The number of hydrogen-bond acceptors (Lipinski definition) is 3. The number of amides is 2. The standard InChI is InChI=1S/C17H23ClN2O3/c1-19(17(22)23-13-14-7-3-2-4-8-14)12-15-9-5-6-10-20(15)16(21)11-18/h2-4,7-8,15H,5-6,9-13H2,1H3/t15-/m1/s1. The van der Waals surface area contributed by atoms with Crippen molar-refractivity contribution in [3.8, 4) is 0 Å². The first-order valence-electron chi connectivity index (χ1n) is 7.89. The van der Waals surface area contributed by atoms with Gasteiger partial charge in [0, 0.05) is 26.2 Å². The SMILES string of the molecule is CN(C[C@H]1CCCCN1C(=O)CCl)C(=O)OCc1ccccc1. The van der Waals surface area contributed by atoms with Crippen molar-refractivity contribution in [2.45, 2.75) is 31.9 Å². The Morgan fingerprint density at radius 3 is 2.74 bits per heavy atom. The number of likely N-dealkylation sites (N-methyl/N-ethyl adjacent to an activating group) is 1. The summed E-state index contributed by atoms with van der Waals surface area (Å²) in [5.41, 5.74) is 0.950. The summed E-state index contributed by atoms with van der Waals surface area (Å²) in [6.45, 7) is 1.43. The van der Waals surface area contributed by atoms with Crippen molar-refractivity contribution in [2.24, 2.45) is 0 Å². The van der Waals surface area contributed by atoms with Crippen molar-refractivity contribution in [2.75, 3.05) is 26.0 Å². The maximum atomic E-state index is 12.1. The number of ether oxygens (including phenoxy) is 1. The molecule has 1 aliphatic rings. The molecule has 1 fully saturated rings. The van der Waals surface area contributed by atoms with E-state index in [4.69, 9.17) is 16.3 Å². The van der Waals surface area contributed by atoms with E-state index in [1.165, 1.54) is 4.90 Å². The first kappa shape index (κ1) is 17.6. The van der Waals surface area contributed by atoms with Crippen LogP contribution in [0.1, 0.15) is 24.8 Å². The van der Waals surface area contributed by atoms with Crippen LogP contribution >= 0.6 is 11.6 Å². The Morgan fingerprint density at radius 2 is 2.04 bits per heavy atom. The average Bonchev–Trinajstić information content (AvgIpc) is 2.60. The predicted octanol–water partition coefficient (Wildman–Crippen LogP) is 2.87. The number of nitrogens with zero attached hydrogens (tertiary/aromatic N) is 2. The van der Waals surface area contributed by atoms with Crippen LogP contribution in [0, 0.1) is 0 Å². The fourth-order valence-corrected chi connectivity index (χ4v) is 2.97. The lowest BCUT2D eigenvalue weighted by Crippen LogP contribution is -2.50. The summed E-state index contributed by atoms with van der Waals surface area (Å²) >= 11 is 5.67. The van der Waals surface area contributed by atoms with E-state index in [9.17, 15) is 9.59 Å². The monoisotopic (exact) mass is 338 g/mol. The highest BCUT2D eigenvalue weighted by Gasteiger charge is 2.28. The molecule has 1 atom stereocenters. The number of piperidine rings is 1. The fraction of sp³-hybridized carbons (Fsp3) is 0.529. The van der Waals surface area contributed by atoms with Gasteiger partial charge in [0.1, 0.15) is 12.5 Å². The van der Waals surface area contributed by atoms with Gasteiger partial charge in [0.05, 0.1) is 0 Å². The molecule has 0 N–H and O–H groups in total. The van der Waals surface area contributed by atoms with Crippen molar-refractivity contribution in [1.82, 2.24) is 9.80 Å². The third kappa shape index (κ3) is 5.13. The molecule has 1 aliphatic heterocycles. The van der Waals surface area contributed by atoms with Gasteiger partial charge < -0.3 is 14.5 Å². The van der Waals surface area contributed by atoms with Gasteiger partial charge in [0.2, 0.25) is 5.91 Å². The van der Waals surface area contributed by atoms with E-state index >= 15 is 0 Å². The third-order valence-electron chi connectivity index (χ3n) is 4.06. The Hall–Kier alpha value is -1.75. The van der Waals surface area contributed by atoms with E-state index < -0.39 is 0 Å². The lowest BCUT2D eigenvalue weighted by Gasteiger charge is -2.37. The number of carbonyl (C=O) groups is 2. The molecule has 6 heteroatoms. The van der Waals surface area contributed by atoms with Crippen molar-refractivity contribution in [3.63, 3.8) is 0 Å². The van der Waals surface area contributed by atoms with Crippen LogP contribution in [0.2, 0.25) is 0 Å². The van der Waals surface area contributed by atoms with Gasteiger partial charge in [-0.25, -0.2) is 4.79 Å².